The molecule has 11 nitrogen and oxygen atoms in total. The van der Waals surface area contributed by atoms with Crippen molar-refractivity contribution < 1.29 is 24.3 Å². The number of carbonyl (C=O) groups excluding carboxylic acids is 2. The van der Waals surface area contributed by atoms with E-state index in [-0.39, 0.29) is 42.5 Å². The van der Waals surface area contributed by atoms with Gasteiger partial charge in [0.05, 0.1) is 39.4 Å². The molecular weight excluding hydrogens is 665 g/mol. The molecule has 3 aromatic carbocycles. The molecule has 0 spiro atoms. The van der Waals surface area contributed by atoms with Crippen LogP contribution in [0.15, 0.2) is 88.9 Å². The zero-order valence-corrected chi connectivity index (χ0v) is 29.5. The third-order valence-corrected chi connectivity index (χ3v) is 10.4. The van der Waals surface area contributed by atoms with Crippen molar-refractivity contribution in [2.24, 2.45) is 5.92 Å². The Balaban J connectivity index is 1.08. The van der Waals surface area contributed by atoms with E-state index in [9.17, 15) is 19.8 Å². The van der Waals surface area contributed by atoms with Gasteiger partial charge in [-0.05, 0) is 61.2 Å². The second-order valence-electron chi connectivity index (χ2n) is 13.4. The number of rotatable bonds is 9. The molecule has 4 heterocycles. The van der Waals surface area contributed by atoms with Crippen LogP contribution in [-0.4, -0.2) is 66.0 Å². The molecule has 0 aliphatic carbocycles. The van der Waals surface area contributed by atoms with Crippen LogP contribution in [0.25, 0.3) is 43.9 Å². The molecule has 0 unspecified atom stereocenters. The number of aromatic hydroxyl groups is 1. The van der Waals surface area contributed by atoms with Crippen LogP contribution in [-0.2, 0) is 9.59 Å². The van der Waals surface area contributed by atoms with Gasteiger partial charge in [-0.2, -0.15) is 0 Å². The van der Waals surface area contributed by atoms with Crippen LogP contribution in [0.5, 0.6) is 5.75 Å². The largest absolute Gasteiger partial charge is 0.507 e. The number of aliphatic hydroxyl groups excluding tert-OH is 1. The van der Waals surface area contributed by atoms with E-state index in [4.69, 9.17) is 4.52 Å². The Kier molecular flexibility index (Phi) is 9.37. The number of amides is 2. The Morgan fingerprint density at radius 3 is 2.45 bits per heavy atom. The first kappa shape index (κ1) is 34.0. The maximum atomic E-state index is 14.2. The number of phenolic OH excluding ortho intramolecular Hbond substituents is 1. The quantitative estimate of drug-likeness (QED) is 0.150. The normalized spacial score (nSPS) is 17.2. The number of hydrogen-bond donors (Lipinski definition) is 3. The van der Waals surface area contributed by atoms with Crippen LogP contribution in [0.2, 0.25) is 0 Å². The highest BCUT2D eigenvalue weighted by Gasteiger charge is 2.43. The van der Waals surface area contributed by atoms with Crippen LogP contribution >= 0.6 is 11.3 Å². The number of aliphatic hydroxyl groups is 1. The number of fused-ring (bicyclic) bond motifs is 1. The zero-order valence-electron chi connectivity index (χ0n) is 28.6. The van der Waals surface area contributed by atoms with Crippen LogP contribution in [0.3, 0.4) is 0 Å². The SMILES string of the molecule is Cc1ncsc1-c1ccc([C@H](C)NC(=O)[C@@H]2C[C@@H](O)CN2C(=O)[C@@H](c2cc(-c3ccc4nnc(-c5ccccc5O)cc4c3)no2)C(C)C)cc1. The molecule has 7 rings (SSSR count). The average Bonchev–Trinajstić information content (AvgIpc) is 3.88. The Morgan fingerprint density at radius 1 is 0.961 bits per heavy atom. The number of thiazole rings is 1. The maximum absolute atomic E-state index is 14.2. The van der Waals surface area contributed by atoms with Crippen LogP contribution in [0.1, 0.15) is 56.2 Å². The van der Waals surface area contributed by atoms with Gasteiger partial charge in [0.2, 0.25) is 11.8 Å². The summed E-state index contributed by atoms with van der Waals surface area (Å²) in [4.78, 5) is 34.8. The summed E-state index contributed by atoms with van der Waals surface area (Å²) < 4.78 is 5.81. The van der Waals surface area contributed by atoms with E-state index in [2.05, 4.69) is 25.7 Å². The summed E-state index contributed by atoms with van der Waals surface area (Å²) in [5, 5.41) is 37.8. The van der Waals surface area contributed by atoms with E-state index in [1.807, 2.05) is 87.8 Å². The molecule has 51 heavy (non-hydrogen) atoms. The molecule has 1 saturated heterocycles. The Labute approximate surface area is 299 Å². The van der Waals surface area contributed by atoms with Gasteiger partial charge < -0.3 is 25.0 Å². The second-order valence-corrected chi connectivity index (χ2v) is 14.2. The lowest BCUT2D eigenvalue weighted by molar-refractivity contribution is -0.141. The summed E-state index contributed by atoms with van der Waals surface area (Å²) in [6, 6.07) is 23.0. The van der Waals surface area contributed by atoms with Gasteiger partial charge in [0.1, 0.15) is 29.2 Å². The van der Waals surface area contributed by atoms with Gasteiger partial charge in [-0.25, -0.2) is 4.98 Å². The zero-order chi connectivity index (χ0) is 35.8. The monoisotopic (exact) mass is 702 g/mol. The number of phenols is 1. The van der Waals surface area contributed by atoms with Gasteiger partial charge in [-0.3, -0.25) is 9.59 Å². The molecule has 260 valence electrons. The van der Waals surface area contributed by atoms with Gasteiger partial charge in [0.25, 0.3) is 0 Å². The predicted molar refractivity (Wildman–Crippen MR) is 195 cm³/mol. The summed E-state index contributed by atoms with van der Waals surface area (Å²) in [6.45, 7) is 7.76. The molecule has 1 aliphatic rings. The second kappa shape index (κ2) is 14.0. The summed E-state index contributed by atoms with van der Waals surface area (Å²) in [5.41, 5.74) is 7.86. The summed E-state index contributed by atoms with van der Waals surface area (Å²) in [6.07, 6.45) is -0.688. The molecule has 0 saturated carbocycles. The fourth-order valence-electron chi connectivity index (χ4n) is 6.71. The van der Waals surface area contributed by atoms with Gasteiger partial charge in [-0.15, -0.1) is 21.5 Å². The minimum absolute atomic E-state index is 0.0451. The van der Waals surface area contributed by atoms with Crippen LogP contribution < -0.4 is 5.32 Å². The molecule has 3 N–H and O–H groups in total. The number of likely N-dealkylation sites (tertiary alicyclic amines) is 1. The smallest absolute Gasteiger partial charge is 0.243 e. The molecule has 12 heteroatoms. The van der Waals surface area contributed by atoms with Crippen molar-refractivity contribution in [3.05, 3.63) is 101 Å². The molecule has 1 aliphatic heterocycles. The van der Waals surface area contributed by atoms with Gasteiger partial charge in [0, 0.05) is 35.5 Å². The number of benzene rings is 3. The highest BCUT2D eigenvalue weighted by Crippen LogP contribution is 2.35. The van der Waals surface area contributed by atoms with Crippen molar-refractivity contribution >= 4 is 34.1 Å². The van der Waals surface area contributed by atoms with E-state index in [0.717, 1.165) is 32.6 Å². The van der Waals surface area contributed by atoms with E-state index >= 15 is 0 Å². The third-order valence-electron chi connectivity index (χ3n) is 9.47. The van der Waals surface area contributed by atoms with Crippen molar-refractivity contribution in [1.82, 2.24) is 30.6 Å². The Bertz CT molecular complexity index is 2210. The van der Waals surface area contributed by atoms with Gasteiger partial charge >= 0.3 is 0 Å². The number of aromatic nitrogens is 4. The average molecular weight is 703 g/mol. The number of hydrogen-bond acceptors (Lipinski definition) is 10. The highest BCUT2D eigenvalue weighted by molar-refractivity contribution is 7.13. The van der Waals surface area contributed by atoms with Crippen molar-refractivity contribution in [1.29, 1.82) is 0 Å². The molecule has 0 radical (unpaired) electrons. The number of carbonyl (C=O) groups is 2. The minimum Gasteiger partial charge on any atom is -0.507 e. The van der Waals surface area contributed by atoms with Gasteiger partial charge in [-0.1, -0.05) is 61.5 Å². The lowest BCUT2D eigenvalue weighted by atomic mass is 9.91. The lowest BCUT2D eigenvalue weighted by Gasteiger charge is -2.29. The van der Waals surface area contributed by atoms with Crippen LogP contribution in [0, 0.1) is 12.8 Å². The number of nitrogens with zero attached hydrogens (tertiary/aromatic N) is 5. The highest BCUT2D eigenvalue weighted by atomic mass is 32.1. The molecule has 3 aromatic heterocycles. The summed E-state index contributed by atoms with van der Waals surface area (Å²) in [5.74, 6) is -1.06. The first-order chi connectivity index (χ1) is 24.6. The van der Waals surface area contributed by atoms with Crippen molar-refractivity contribution in [3.8, 4) is 38.7 Å². The molecular formula is C39H38N6O5S. The maximum Gasteiger partial charge on any atom is 0.243 e. The third kappa shape index (κ3) is 6.84. The molecule has 6 aromatic rings. The van der Waals surface area contributed by atoms with Crippen molar-refractivity contribution in [2.45, 2.75) is 58.2 Å². The first-order valence-corrected chi connectivity index (χ1v) is 17.8. The molecule has 0 bridgehead atoms. The van der Waals surface area contributed by atoms with Crippen LogP contribution in [0.4, 0.5) is 0 Å². The Morgan fingerprint density at radius 2 is 1.73 bits per heavy atom. The minimum atomic E-state index is -0.836. The fraction of sp³-hybridized carbons (Fsp3) is 0.282. The van der Waals surface area contributed by atoms with Gasteiger partial charge in [0.15, 0.2) is 0 Å². The standard InChI is InChI=1S/C39H38N6O5S/c1-21(2)36(35-18-31(44-50-35)26-13-14-30-27(15-26)16-32(43-42-30)29-7-5-6-8-34(29)47)39(49)45-19-28(46)17-33(45)38(48)41-22(3)24-9-11-25(12-10-24)37-23(4)40-20-51-37/h5-16,18,20-22,28,33,36,46-47H,17,19H2,1-4H3,(H,41,48)/t22-,28+,33-,36+/m0/s1. The van der Waals surface area contributed by atoms with Crippen molar-refractivity contribution in [3.63, 3.8) is 0 Å². The predicted octanol–water partition coefficient (Wildman–Crippen LogP) is 6.67. The van der Waals surface area contributed by atoms with E-state index < -0.39 is 18.1 Å². The topological polar surface area (TPSA) is 155 Å². The van der Waals surface area contributed by atoms with E-state index in [1.165, 1.54) is 4.90 Å². The van der Waals surface area contributed by atoms with Crippen molar-refractivity contribution in [2.75, 3.05) is 6.54 Å². The summed E-state index contributed by atoms with van der Waals surface area (Å²) >= 11 is 1.59. The lowest BCUT2D eigenvalue weighted by Crippen LogP contribution is -2.48. The summed E-state index contributed by atoms with van der Waals surface area (Å²) in [7, 11) is 0. The fourth-order valence-corrected chi connectivity index (χ4v) is 7.52. The number of aryl methyl sites for hydroxylation is 1. The Hall–Kier alpha value is -5.46. The molecule has 4 atom stereocenters. The number of nitrogens with one attached hydrogen (secondary N) is 1. The molecule has 2 amide bonds. The van der Waals surface area contributed by atoms with E-state index in [0.29, 0.717) is 28.2 Å². The number of β-amino-alcohol motifs (C(OH)–C–C–N with tert-alkyl or cyclic N) is 1. The first-order valence-electron chi connectivity index (χ1n) is 16.9. The molecule has 1 fully saturated rings. The number of para-hydroxylation sites is 1. The van der Waals surface area contributed by atoms with E-state index in [1.54, 1.807) is 35.6 Å².